The zero-order valence-electron chi connectivity index (χ0n) is 17.3. The van der Waals surface area contributed by atoms with Crippen LogP contribution in [0.25, 0.3) is 0 Å². The number of piperidine rings is 1. The zero-order chi connectivity index (χ0) is 20.5. The summed E-state index contributed by atoms with van der Waals surface area (Å²) >= 11 is 14.2. The van der Waals surface area contributed by atoms with Crippen molar-refractivity contribution in [1.82, 2.24) is 10.2 Å². The second-order valence-corrected chi connectivity index (χ2v) is 10.8. The lowest BCUT2D eigenvalue weighted by atomic mass is 9.79. The molecule has 3 rings (SSSR count). The van der Waals surface area contributed by atoms with E-state index in [1.165, 1.54) is 4.88 Å². The van der Waals surface area contributed by atoms with Gasteiger partial charge in [0, 0.05) is 22.0 Å². The second-order valence-electron chi connectivity index (χ2n) is 9.03. The molecule has 2 heterocycles. The van der Waals surface area contributed by atoms with Crippen LogP contribution in [0.5, 0.6) is 0 Å². The lowest BCUT2D eigenvalue weighted by Crippen LogP contribution is -2.63. The Morgan fingerprint density at radius 3 is 2.50 bits per heavy atom. The number of halogens is 1. The van der Waals surface area contributed by atoms with Crippen LogP contribution in [0, 0.1) is 6.92 Å². The molecule has 1 aliphatic rings. The van der Waals surface area contributed by atoms with Crippen LogP contribution in [0.2, 0.25) is 5.02 Å². The third kappa shape index (κ3) is 5.26. The molecule has 2 aromatic rings. The van der Waals surface area contributed by atoms with Gasteiger partial charge in [-0.25, -0.2) is 0 Å². The Morgan fingerprint density at radius 2 is 1.89 bits per heavy atom. The Bertz CT molecular complexity index is 814. The summed E-state index contributed by atoms with van der Waals surface area (Å²) < 4.78 is 0. The molecule has 1 aromatic carbocycles. The number of hydrogen-bond donors (Lipinski definition) is 2. The molecule has 0 spiro atoms. The number of thiocarbonyl (C=S) groups is 1. The zero-order valence-corrected chi connectivity index (χ0v) is 19.7. The molecule has 1 fully saturated rings. The molecule has 6 heteroatoms. The summed E-state index contributed by atoms with van der Waals surface area (Å²) in [5, 5.41) is 10.8. The Morgan fingerprint density at radius 1 is 1.21 bits per heavy atom. The van der Waals surface area contributed by atoms with Gasteiger partial charge in [0.15, 0.2) is 5.11 Å². The van der Waals surface area contributed by atoms with Crippen LogP contribution >= 0.6 is 35.2 Å². The number of anilines is 1. The van der Waals surface area contributed by atoms with Crippen molar-refractivity contribution >= 4 is 46.0 Å². The predicted octanol–water partition coefficient (Wildman–Crippen LogP) is 6.22. The first-order valence-corrected chi connectivity index (χ1v) is 11.4. The maximum atomic E-state index is 6.51. The van der Waals surface area contributed by atoms with Crippen LogP contribution in [-0.2, 0) is 6.54 Å². The average Bonchev–Trinajstić information content (AvgIpc) is 3.07. The van der Waals surface area contributed by atoms with Gasteiger partial charge < -0.3 is 15.5 Å². The molecule has 0 saturated carbocycles. The highest BCUT2D eigenvalue weighted by Crippen LogP contribution is 2.34. The third-order valence-electron chi connectivity index (χ3n) is 5.21. The lowest BCUT2D eigenvalue weighted by Gasteiger charge is -2.50. The van der Waals surface area contributed by atoms with Crippen LogP contribution < -0.4 is 10.6 Å². The van der Waals surface area contributed by atoms with Crippen LogP contribution in [0.3, 0.4) is 0 Å². The van der Waals surface area contributed by atoms with E-state index in [1.54, 1.807) is 11.3 Å². The lowest BCUT2D eigenvalue weighted by molar-refractivity contribution is 0.102. The Kier molecular flexibility index (Phi) is 6.40. The molecule has 0 aliphatic carbocycles. The molecule has 0 unspecified atom stereocenters. The molecule has 0 radical (unpaired) electrons. The highest BCUT2D eigenvalue weighted by Gasteiger charge is 2.40. The fourth-order valence-electron chi connectivity index (χ4n) is 4.36. The van der Waals surface area contributed by atoms with Gasteiger partial charge in [-0.2, -0.15) is 0 Å². The maximum absolute atomic E-state index is 6.51. The maximum Gasteiger partial charge on any atom is 0.174 e. The summed E-state index contributed by atoms with van der Waals surface area (Å²) in [6, 6.07) is 10.6. The number of thiophene rings is 1. The fourth-order valence-corrected chi connectivity index (χ4v) is 5.56. The highest BCUT2D eigenvalue weighted by molar-refractivity contribution is 7.80. The van der Waals surface area contributed by atoms with Crippen molar-refractivity contribution in [2.24, 2.45) is 0 Å². The normalized spacial score (nSPS) is 18.6. The Hall–Kier alpha value is -1.14. The van der Waals surface area contributed by atoms with E-state index in [9.17, 15) is 0 Å². The van der Waals surface area contributed by atoms with Gasteiger partial charge in [-0.05, 0) is 82.8 Å². The van der Waals surface area contributed by atoms with E-state index in [0.29, 0.717) is 6.04 Å². The van der Waals surface area contributed by atoms with Crippen molar-refractivity contribution in [2.75, 3.05) is 5.32 Å². The van der Waals surface area contributed by atoms with E-state index in [0.717, 1.165) is 40.8 Å². The predicted molar refractivity (Wildman–Crippen MR) is 127 cm³/mol. The van der Waals surface area contributed by atoms with Gasteiger partial charge in [0.1, 0.15) is 0 Å². The number of nitrogens with one attached hydrogen (secondary N) is 2. The van der Waals surface area contributed by atoms with Crippen molar-refractivity contribution < 1.29 is 0 Å². The first-order chi connectivity index (χ1) is 13.1. The summed E-state index contributed by atoms with van der Waals surface area (Å²) in [6.07, 6.45) is 2.07. The molecule has 1 aromatic heterocycles. The van der Waals surface area contributed by atoms with E-state index in [1.807, 2.05) is 25.1 Å². The standard InChI is InChI=1S/C22H30ClN3S2/c1-15-8-6-10-18(19(15)23)24-20(27)26(14-17-9-7-11-28-17)16-12-21(2,3)25-22(4,5)13-16/h6-11,16,25H,12-14H2,1-5H3,(H,24,27). The molecule has 1 aliphatic heterocycles. The van der Waals surface area contributed by atoms with Gasteiger partial charge in [0.05, 0.1) is 17.3 Å². The summed E-state index contributed by atoms with van der Waals surface area (Å²) in [5.74, 6) is 0. The molecule has 0 amide bonds. The minimum atomic E-state index is 0.0523. The largest absolute Gasteiger partial charge is 0.341 e. The highest BCUT2D eigenvalue weighted by atomic mass is 35.5. The van der Waals surface area contributed by atoms with Crippen LogP contribution in [0.1, 0.15) is 51.0 Å². The number of rotatable bonds is 4. The van der Waals surface area contributed by atoms with E-state index >= 15 is 0 Å². The minimum absolute atomic E-state index is 0.0523. The number of aryl methyl sites for hydroxylation is 1. The van der Waals surface area contributed by atoms with Gasteiger partial charge in [-0.15, -0.1) is 11.3 Å². The van der Waals surface area contributed by atoms with Crippen LogP contribution in [-0.4, -0.2) is 27.1 Å². The summed E-state index contributed by atoms with van der Waals surface area (Å²) in [6.45, 7) is 11.9. The van der Waals surface area contributed by atoms with Crippen LogP contribution in [0.15, 0.2) is 35.7 Å². The van der Waals surface area contributed by atoms with Crippen molar-refractivity contribution in [1.29, 1.82) is 0 Å². The SMILES string of the molecule is Cc1cccc(NC(=S)N(Cc2cccs2)C2CC(C)(C)NC(C)(C)C2)c1Cl. The molecular formula is C22H30ClN3S2. The van der Waals surface area contributed by atoms with Gasteiger partial charge in [0.25, 0.3) is 0 Å². The van der Waals surface area contributed by atoms with E-state index in [2.05, 4.69) is 60.7 Å². The van der Waals surface area contributed by atoms with Gasteiger partial charge >= 0.3 is 0 Å². The van der Waals surface area contributed by atoms with Crippen molar-refractivity contribution in [3.63, 3.8) is 0 Å². The van der Waals surface area contributed by atoms with E-state index < -0.39 is 0 Å². The minimum Gasteiger partial charge on any atom is -0.341 e. The first kappa shape index (κ1) is 21.6. The van der Waals surface area contributed by atoms with Gasteiger partial charge in [-0.1, -0.05) is 29.8 Å². The van der Waals surface area contributed by atoms with Crippen molar-refractivity contribution in [2.45, 2.75) is 71.1 Å². The molecule has 152 valence electrons. The summed E-state index contributed by atoms with van der Waals surface area (Å²) in [4.78, 5) is 3.66. The fraction of sp³-hybridized carbons (Fsp3) is 0.500. The first-order valence-electron chi connectivity index (χ1n) is 9.71. The second kappa shape index (κ2) is 8.31. The molecule has 2 N–H and O–H groups in total. The number of hydrogen-bond acceptors (Lipinski definition) is 3. The molecule has 28 heavy (non-hydrogen) atoms. The molecule has 0 atom stereocenters. The number of benzene rings is 1. The summed E-state index contributed by atoms with van der Waals surface area (Å²) in [7, 11) is 0. The Balaban J connectivity index is 1.88. The third-order valence-corrected chi connectivity index (χ3v) is 6.91. The number of nitrogens with zero attached hydrogens (tertiary/aromatic N) is 1. The smallest absolute Gasteiger partial charge is 0.174 e. The monoisotopic (exact) mass is 435 g/mol. The Labute approximate surface area is 183 Å². The van der Waals surface area contributed by atoms with Crippen molar-refractivity contribution in [3.8, 4) is 0 Å². The van der Waals surface area contributed by atoms with Gasteiger partial charge in [-0.3, -0.25) is 0 Å². The van der Waals surface area contributed by atoms with E-state index in [-0.39, 0.29) is 11.1 Å². The average molecular weight is 436 g/mol. The van der Waals surface area contributed by atoms with Gasteiger partial charge in [0.2, 0.25) is 0 Å². The molecule has 3 nitrogen and oxygen atoms in total. The summed E-state index contributed by atoms with van der Waals surface area (Å²) in [5.41, 5.74) is 2.02. The van der Waals surface area contributed by atoms with E-state index in [4.69, 9.17) is 23.8 Å². The molecule has 1 saturated heterocycles. The molecular weight excluding hydrogens is 406 g/mol. The van der Waals surface area contributed by atoms with Crippen LogP contribution in [0.4, 0.5) is 5.69 Å². The molecule has 0 bridgehead atoms. The quantitative estimate of drug-likeness (QED) is 0.557. The van der Waals surface area contributed by atoms with Crippen molar-refractivity contribution in [3.05, 3.63) is 51.2 Å². The topological polar surface area (TPSA) is 27.3 Å².